The molecule has 0 bridgehead atoms. The predicted molar refractivity (Wildman–Crippen MR) is 82.4 cm³/mol. The maximum Gasteiger partial charge on any atom is 0.123 e. The van der Waals surface area contributed by atoms with Crippen LogP contribution in [0.2, 0.25) is 0 Å². The zero-order valence-electron chi connectivity index (χ0n) is 12.5. The van der Waals surface area contributed by atoms with Crippen molar-refractivity contribution < 1.29 is 14.2 Å². The highest BCUT2D eigenvalue weighted by Crippen LogP contribution is 2.20. The molecule has 0 spiro atoms. The van der Waals surface area contributed by atoms with Gasteiger partial charge in [-0.05, 0) is 29.3 Å². The van der Waals surface area contributed by atoms with Crippen LogP contribution in [-0.2, 0) is 24.5 Å². The van der Waals surface area contributed by atoms with Gasteiger partial charge in [-0.15, -0.1) is 0 Å². The second-order valence-electron chi connectivity index (χ2n) is 4.69. The molecule has 0 radical (unpaired) electrons. The van der Waals surface area contributed by atoms with E-state index in [1.807, 2.05) is 42.5 Å². The van der Waals surface area contributed by atoms with E-state index in [-0.39, 0.29) is 0 Å². The van der Waals surface area contributed by atoms with Gasteiger partial charge in [-0.25, -0.2) is 0 Å². The SMILES string of the molecule is COc1ccc(COCc2ccc(CN)c(OC)c2)cc1. The smallest absolute Gasteiger partial charge is 0.123 e. The van der Waals surface area contributed by atoms with Gasteiger partial charge in [0.2, 0.25) is 0 Å². The third-order valence-electron chi connectivity index (χ3n) is 3.27. The second kappa shape index (κ2) is 7.67. The summed E-state index contributed by atoms with van der Waals surface area (Å²) in [7, 11) is 3.31. The summed E-state index contributed by atoms with van der Waals surface area (Å²) in [4.78, 5) is 0. The van der Waals surface area contributed by atoms with Crippen LogP contribution in [0.25, 0.3) is 0 Å². The van der Waals surface area contributed by atoms with E-state index in [0.717, 1.165) is 28.2 Å². The van der Waals surface area contributed by atoms with E-state index in [0.29, 0.717) is 19.8 Å². The van der Waals surface area contributed by atoms with Gasteiger partial charge in [0.25, 0.3) is 0 Å². The van der Waals surface area contributed by atoms with Crippen molar-refractivity contribution in [2.45, 2.75) is 19.8 Å². The summed E-state index contributed by atoms with van der Waals surface area (Å²) >= 11 is 0. The molecule has 0 unspecified atom stereocenters. The van der Waals surface area contributed by atoms with E-state index in [1.54, 1.807) is 14.2 Å². The Morgan fingerprint density at radius 1 is 0.857 bits per heavy atom. The second-order valence-corrected chi connectivity index (χ2v) is 4.69. The third kappa shape index (κ3) is 4.21. The largest absolute Gasteiger partial charge is 0.497 e. The normalized spacial score (nSPS) is 10.4. The molecule has 0 aliphatic heterocycles. The lowest BCUT2D eigenvalue weighted by molar-refractivity contribution is 0.107. The molecule has 0 atom stereocenters. The van der Waals surface area contributed by atoms with Gasteiger partial charge in [-0.1, -0.05) is 24.3 Å². The molecular weight excluding hydrogens is 266 g/mol. The fourth-order valence-electron chi connectivity index (χ4n) is 2.06. The molecule has 0 saturated heterocycles. The van der Waals surface area contributed by atoms with Crippen LogP contribution in [0.3, 0.4) is 0 Å². The Balaban J connectivity index is 1.90. The van der Waals surface area contributed by atoms with Crippen molar-refractivity contribution in [3.8, 4) is 11.5 Å². The number of ether oxygens (including phenoxy) is 3. The number of hydrogen-bond donors (Lipinski definition) is 1. The fourth-order valence-corrected chi connectivity index (χ4v) is 2.06. The van der Waals surface area contributed by atoms with Crippen molar-refractivity contribution >= 4 is 0 Å². The molecular formula is C17H21NO3. The predicted octanol–water partition coefficient (Wildman–Crippen LogP) is 2.88. The van der Waals surface area contributed by atoms with Gasteiger partial charge < -0.3 is 19.9 Å². The Kier molecular flexibility index (Phi) is 5.60. The van der Waals surface area contributed by atoms with Crippen LogP contribution in [0.15, 0.2) is 42.5 Å². The van der Waals surface area contributed by atoms with Crippen molar-refractivity contribution in [2.24, 2.45) is 5.73 Å². The standard InChI is InChI=1S/C17H21NO3/c1-19-16-7-4-13(5-8-16)11-21-12-14-3-6-15(10-18)17(9-14)20-2/h3-9H,10-12,18H2,1-2H3. The Bertz CT molecular complexity index is 567. The summed E-state index contributed by atoms with van der Waals surface area (Å²) in [6.07, 6.45) is 0. The van der Waals surface area contributed by atoms with Gasteiger partial charge in [0.05, 0.1) is 27.4 Å². The van der Waals surface area contributed by atoms with Gasteiger partial charge in [0, 0.05) is 12.1 Å². The highest BCUT2D eigenvalue weighted by molar-refractivity contribution is 5.37. The van der Waals surface area contributed by atoms with Crippen LogP contribution in [0, 0.1) is 0 Å². The fraction of sp³-hybridized carbons (Fsp3) is 0.294. The minimum absolute atomic E-state index is 0.468. The molecule has 4 heteroatoms. The molecule has 0 aliphatic carbocycles. The third-order valence-corrected chi connectivity index (χ3v) is 3.27. The van der Waals surface area contributed by atoms with Crippen molar-refractivity contribution in [1.82, 2.24) is 0 Å². The Morgan fingerprint density at radius 3 is 2.14 bits per heavy atom. The number of methoxy groups -OCH3 is 2. The molecule has 0 amide bonds. The Morgan fingerprint density at radius 2 is 1.52 bits per heavy atom. The van der Waals surface area contributed by atoms with E-state index >= 15 is 0 Å². The molecule has 0 saturated carbocycles. The Labute approximate surface area is 125 Å². The van der Waals surface area contributed by atoms with Crippen molar-refractivity contribution in [3.05, 3.63) is 59.2 Å². The van der Waals surface area contributed by atoms with Crippen molar-refractivity contribution in [1.29, 1.82) is 0 Å². The van der Waals surface area contributed by atoms with E-state index in [1.165, 1.54) is 0 Å². The number of benzene rings is 2. The monoisotopic (exact) mass is 287 g/mol. The van der Waals surface area contributed by atoms with E-state index in [2.05, 4.69) is 0 Å². The first-order valence-electron chi connectivity index (χ1n) is 6.83. The first-order valence-corrected chi connectivity index (χ1v) is 6.83. The quantitative estimate of drug-likeness (QED) is 0.850. The maximum absolute atomic E-state index is 5.72. The molecule has 0 aromatic heterocycles. The van der Waals surface area contributed by atoms with Crippen molar-refractivity contribution in [3.63, 3.8) is 0 Å². The van der Waals surface area contributed by atoms with Gasteiger partial charge >= 0.3 is 0 Å². The lowest BCUT2D eigenvalue weighted by atomic mass is 10.1. The molecule has 0 fully saturated rings. The summed E-state index contributed by atoms with van der Waals surface area (Å²) in [6.45, 7) is 1.56. The number of nitrogens with two attached hydrogens (primary N) is 1. The van der Waals surface area contributed by atoms with Crippen molar-refractivity contribution in [2.75, 3.05) is 14.2 Å². The van der Waals surface area contributed by atoms with Crippen LogP contribution >= 0.6 is 0 Å². The summed E-state index contributed by atoms with van der Waals surface area (Å²) in [5.41, 5.74) is 8.83. The van der Waals surface area contributed by atoms with Gasteiger partial charge in [-0.2, -0.15) is 0 Å². The zero-order valence-corrected chi connectivity index (χ0v) is 12.5. The minimum atomic E-state index is 0.468. The average molecular weight is 287 g/mol. The molecule has 2 rings (SSSR count). The zero-order chi connectivity index (χ0) is 15.1. The first kappa shape index (κ1) is 15.4. The summed E-state index contributed by atoms with van der Waals surface area (Å²) in [6, 6.07) is 13.8. The molecule has 21 heavy (non-hydrogen) atoms. The minimum Gasteiger partial charge on any atom is -0.497 e. The molecule has 2 N–H and O–H groups in total. The average Bonchev–Trinajstić information content (AvgIpc) is 2.55. The first-order chi connectivity index (χ1) is 10.3. The molecule has 0 heterocycles. The van der Waals surface area contributed by atoms with E-state index < -0.39 is 0 Å². The van der Waals surface area contributed by atoms with E-state index in [4.69, 9.17) is 19.9 Å². The Hall–Kier alpha value is -2.04. The summed E-state index contributed by atoms with van der Waals surface area (Å²) in [5.74, 6) is 1.66. The highest BCUT2D eigenvalue weighted by Gasteiger charge is 2.03. The molecule has 2 aromatic rings. The van der Waals surface area contributed by atoms with Crippen LogP contribution in [0.4, 0.5) is 0 Å². The summed E-state index contributed by atoms with van der Waals surface area (Å²) in [5, 5.41) is 0. The van der Waals surface area contributed by atoms with Gasteiger partial charge in [0.15, 0.2) is 0 Å². The van der Waals surface area contributed by atoms with Gasteiger partial charge in [0.1, 0.15) is 11.5 Å². The van der Waals surface area contributed by atoms with E-state index in [9.17, 15) is 0 Å². The number of hydrogen-bond acceptors (Lipinski definition) is 4. The van der Waals surface area contributed by atoms with Crippen LogP contribution in [0.1, 0.15) is 16.7 Å². The molecule has 112 valence electrons. The van der Waals surface area contributed by atoms with Crippen LogP contribution in [0.5, 0.6) is 11.5 Å². The molecule has 0 aliphatic rings. The van der Waals surface area contributed by atoms with Crippen LogP contribution in [-0.4, -0.2) is 14.2 Å². The van der Waals surface area contributed by atoms with Crippen LogP contribution < -0.4 is 15.2 Å². The molecule has 2 aromatic carbocycles. The summed E-state index contributed by atoms with van der Waals surface area (Å²) < 4.78 is 16.2. The lowest BCUT2D eigenvalue weighted by Crippen LogP contribution is -2.01. The molecule has 4 nitrogen and oxygen atoms in total. The number of rotatable bonds is 7. The lowest BCUT2D eigenvalue weighted by Gasteiger charge is -2.10. The highest BCUT2D eigenvalue weighted by atomic mass is 16.5. The topological polar surface area (TPSA) is 53.7 Å². The maximum atomic E-state index is 5.72. The van der Waals surface area contributed by atoms with Gasteiger partial charge in [-0.3, -0.25) is 0 Å².